The first-order valence-corrected chi connectivity index (χ1v) is 7.79. The largest absolute Gasteiger partial charge is 0.457 e. The molecule has 2 aliphatic rings. The van der Waals surface area contributed by atoms with Crippen molar-refractivity contribution in [3.63, 3.8) is 0 Å². The van der Waals surface area contributed by atoms with Crippen LogP contribution in [0.4, 0.5) is 5.69 Å². The molecule has 0 radical (unpaired) electrons. The molecular weight excluding hydrogens is 337 g/mol. The van der Waals surface area contributed by atoms with Gasteiger partial charge in [-0.05, 0) is 18.9 Å². The normalized spacial score (nSPS) is 23.1. The van der Waals surface area contributed by atoms with Crippen molar-refractivity contribution in [2.75, 3.05) is 31.5 Å². The molecule has 2 unspecified atom stereocenters. The highest BCUT2D eigenvalue weighted by atomic mass is 35.5. The highest BCUT2D eigenvalue weighted by molar-refractivity contribution is 5.85. The Kier molecular flexibility index (Phi) is 8.69. The Bertz CT molecular complexity index is 496. The van der Waals surface area contributed by atoms with E-state index in [0.717, 1.165) is 50.3 Å². The van der Waals surface area contributed by atoms with E-state index < -0.39 is 0 Å². The summed E-state index contributed by atoms with van der Waals surface area (Å²) in [6.45, 7) is 3.64. The highest BCUT2D eigenvalue weighted by Crippen LogP contribution is 2.32. The zero-order valence-corrected chi connectivity index (χ0v) is 14.7. The van der Waals surface area contributed by atoms with Crippen molar-refractivity contribution < 1.29 is 9.53 Å². The number of para-hydroxylation sites is 1. The lowest BCUT2D eigenvalue weighted by Gasteiger charge is -2.25. The molecule has 1 fully saturated rings. The third-order valence-corrected chi connectivity index (χ3v) is 4.08. The van der Waals surface area contributed by atoms with Gasteiger partial charge < -0.3 is 20.7 Å². The number of carbonyl (C=O) groups is 1. The summed E-state index contributed by atoms with van der Waals surface area (Å²) in [5.41, 5.74) is 2.18. The molecule has 0 bridgehead atoms. The van der Waals surface area contributed by atoms with Crippen LogP contribution < -0.4 is 16.0 Å². The number of anilines is 1. The van der Waals surface area contributed by atoms with Gasteiger partial charge in [0.05, 0.1) is 6.42 Å². The van der Waals surface area contributed by atoms with Gasteiger partial charge >= 0.3 is 5.97 Å². The van der Waals surface area contributed by atoms with Gasteiger partial charge in [-0.15, -0.1) is 24.8 Å². The van der Waals surface area contributed by atoms with Gasteiger partial charge in [0.25, 0.3) is 0 Å². The lowest BCUT2D eigenvalue weighted by Crippen LogP contribution is -2.49. The first-order valence-electron chi connectivity index (χ1n) is 7.79. The van der Waals surface area contributed by atoms with Gasteiger partial charge in [0.2, 0.25) is 0 Å². The second kappa shape index (κ2) is 9.98. The van der Waals surface area contributed by atoms with Crippen LogP contribution in [0.1, 0.15) is 30.9 Å². The van der Waals surface area contributed by atoms with Crippen molar-refractivity contribution in [2.45, 2.75) is 31.4 Å². The maximum atomic E-state index is 12.2. The van der Waals surface area contributed by atoms with Crippen molar-refractivity contribution in [2.24, 2.45) is 0 Å². The number of nitrogens with one attached hydrogen (secondary N) is 3. The molecule has 23 heavy (non-hydrogen) atoms. The summed E-state index contributed by atoms with van der Waals surface area (Å²) in [6.07, 6.45) is 2.20. The number of rotatable bonds is 3. The quantitative estimate of drug-likeness (QED) is 0.720. The minimum atomic E-state index is -0.125. The zero-order valence-electron chi connectivity index (χ0n) is 13.0. The molecule has 3 N–H and O–H groups in total. The first kappa shape index (κ1) is 20.0. The van der Waals surface area contributed by atoms with Gasteiger partial charge in [0.15, 0.2) is 0 Å². The summed E-state index contributed by atoms with van der Waals surface area (Å²) < 4.78 is 5.75. The Morgan fingerprint density at radius 3 is 2.78 bits per heavy atom. The Balaban J connectivity index is 0.00000132. The summed E-state index contributed by atoms with van der Waals surface area (Å²) in [7, 11) is 0. The first-order chi connectivity index (χ1) is 10.3. The molecule has 2 atom stereocenters. The number of halogens is 2. The molecule has 7 heteroatoms. The van der Waals surface area contributed by atoms with Gasteiger partial charge in [0.1, 0.15) is 6.10 Å². The van der Waals surface area contributed by atoms with Crippen LogP contribution >= 0.6 is 24.8 Å². The predicted molar refractivity (Wildman–Crippen MR) is 96.8 cm³/mol. The van der Waals surface area contributed by atoms with E-state index in [1.54, 1.807) is 0 Å². The summed E-state index contributed by atoms with van der Waals surface area (Å²) >= 11 is 0. The van der Waals surface area contributed by atoms with Gasteiger partial charge in [-0.1, -0.05) is 18.2 Å². The molecule has 0 saturated carbocycles. The zero-order chi connectivity index (χ0) is 14.5. The van der Waals surface area contributed by atoms with Crippen LogP contribution in [-0.2, 0) is 9.53 Å². The second-order valence-electron chi connectivity index (χ2n) is 5.69. The molecule has 0 amide bonds. The third-order valence-electron chi connectivity index (χ3n) is 4.08. The van der Waals surface area contributed by atoms with Crippen molar-refractivity contribution in [1.29, 1.82) is 0 Å². The van der Waals surface area contributed by atoms with Crippen LogP contribution in [0, 0.1) is 0 Å². The molecule has 1 aromatic rings. The molecule has 130 valence electrons. The summed E-state index contributed by atoms with van der Waals surface area (Å²) in [5.74, 6) is -0.113. The maximum absolute atomic E-state index is 12.2. The fraction of sp³-hybridized carbons (Fsp3) is 0.562. The third kappa shape index (κ3) is 5.53. The average Bonchev–Trinajstić information content (AvgIpc) is 2.71. The van der Waals surface area contributed by atoms with Crippen LogP contribution in [0.2, 0.25) is 0 Å². The monoisotopic (exact) mass is 361 g/mol. The van der Waals surface area contributed by atoms with E-state index >= 15 is 0 Å². The fourth-order valence-corrected chi connectivity index (χ4v) is 2.99. The summed E-state index contributed by atoms with van der Waals surface area (Å²) in [5, 5.41) is 10.0. The molecule has 0 spiro atoms. The number of hydrogen-bond donors (Lipinski definition) is 3. The molecule has 0 aliphatic carbocycles. The minimum Gasteiger partial charge on any atom is -0.457 e. The van der Waals surface area contributed by atoms with Gasteiger partial charge in [-0.25, -0.2) is 0 Å². The number of ether oxygens (including phenoxy) is 1. The molecule has 2 aliphatic heterocycles. The van der Waals surface area contributed by atoms with E-state index in [1.165, 1.54) is 0 Å². The van der Waals surface area contributed by atoms with E-state index in [2.05, 4.69) is 16.0 Å². The lowest BCUT2D eigenvalue weighted by atomic mass is 10.0. The molecule has 5 nitrogen and oxygen atoms in total. The SMILES string of the molecule is Cl.Cl.O=C(CC1CNCCN1)OC1CCCNc2ccccc21. The Morgan fingerprint density at radius 2 is 2.00 bits per heavy atom. The van der Waals surface area contributed by atoms with Gasteiger partial charge in [-0.2, -0.15) is 0 Å². The predicted octanol–water partition coefficient (Wildman–Crippen LogP) is 2.27. The number of fused-ring (bicyclic) bond motifs is 1. The lowest BCUT2D eigenvalue weighted by molar-refractivity contribution is -0.150. The summed E-state index contributed by atoms with van der Waals surface area (Å²) in [4.78, 5) is 12.2. The number of carbonyl (C=O) groups excluding carboxylic acids is 1. The van der Waals surface area contributed by atoms with E-state index in [0.29, 0.717) is 6.42 Å². The Labute approximate surface area is 149 Å². The molecule has 1 aromatic carbocycles. The second-order valence-corrected chi connectivity index (χ2v) is 5.69. The standard InChI is InChI=1S/C16H23N3O2.2ClH/c20-16(10-12-11-17-8-9-18-12)21-15-6-3-7-19-14-5-2-1-4-13(14)15;;/h1-2,4-5,12,15,17-19H,3,6-11H2;2*1H. The van der Waals surface area contributed by atoms with Crippen LogP contribution in [0.5, 0.6) is 0 Å². The highest BCUT2D eigenvalue weighted by Gasteiger charge is 2.24. The fourth-order valence-electron chi connectivity index (χ4n) is 2.99. The van der Waals surface area contributed by atoms with Crippen LogP contribution in [0.25, 0.3) is 0 Å². The molecular formula is C16H25Cl2N3O2. The molecule has 1 saturated heterocycles. The van der Waals surface area contributed by atoms with E-state index in [9.17, 15) is 4.79 Å². The Morgan fingerprint density at radius 1 is 1.17 bits per heavy atom. The smallest absolute Gasteiger partial charge is 0.308 e. The van der Waals surface area contributed by atoms with Crippen LogP contribution in [0.3, 0.4) is 0 Å². The Hall–Kier alpha value is -1.01. The van der Waals surface area contributed by atoms with Gasteiger partial charge in [0, 0.05) is 43.5 Å². The van der Waals surface area contributed by atoms with Crippen molar-refractivity contribution in [1.82, 2.24) is 10.6 Å². The number of esters is 1. The van der Waals surface area contributed by atoms with E-state index in [4.69, 9.17) is 4.74 Å². The summed E-state index contributed by atoms with van der Waals surface area (Å²) in [6, 6.07) is 8.29. The average molecular weight is 362 g/mol. The maximum Gasteiger partial charge on any atom is 0.308 e. The number of piperazine rings is 1. The van der Waals surface area contributed by atoms with E-state index in [1.807, 2.05) is 24.3 Å². The minimum absolute atomic E-state index is 0. The van der Waals surface area contributed by atoms with E-state index in [-0.39, 0.29) is 42.9 Å². The molecule has 0 aromatic heterocycles. The van der Waals surface area contributed by atoms with Crippen molar-refractivity contribution >= 4 is 36.5 Å². The topological polar surface area (TPSA) is 62.4 Å². The molecule has 2 heterocycles. The van der Waals surface area contributed by atoms with Crippen molar-refractivity contribution in [3.05, 3.63) is 29.8 Å². The number of benzene rings is 1. The van der Waals surface area contributed by atoms with Gasteiger partial charge in [-0.3, -0.25) is 4.79 Å². The van der Waals surface area contributed by atoms with Crippen LogP contribution in [0.15, 0.2) is 24.3 Å². The van der Waals surface area contributed by atoms with Crippen LogP contribution in [-0.4, -0.2) is 38.2 Å². The molecule has 3 rings (SSSR count). The number of hydrogen-bond acceptors (Lipinski definition) is 5. The van der Waals surface area contributed by atoms with Crippen molar-refractivity contribution in [3.8, 4) is 0 Å².